The molecule has 1 aromatic carbocycles. The number of carbonyl (C=O) groups is 3. The first kappa shape index (κ1) is 16.4. The summed E-state index contributed by atoms with van der Waals surface area (Å²) in [5.74, 6) is -1.45. The van der Waals surface area contributed by atoms with Crippen molar-refractivity contribution >= 4 is 35.2 Å². The first-order valence-electron chi connectivity index (χ1n) is 6.88. The van der Waals surface area contributed by atoms with Crippen LogP contribution in [0.1, 0.15) is 17.5 Å². The molecule has 0 radical (unpaired) electrons. The van der Waals surface area contributed by atoms with E-state index < -0.39 is 23.2 Å². The van der Waals surface area contributed by atoms with Crippen molar-refractivity contribution in [3.05, 3.63) is 29.3 Å². The molecular formula is C15H18N2O4S. The molecule has 6 nitrogen and oxygen atoms in total. The fourth-order valence-electron chi connectivity index (χ4n) is 2.12. The molecule has 0 bridgehead atoms. The van der Waals surface area contributed by atoms with Gasteiger partial charge in [0, 0.05) is 17.9 Å². The second-order valence-electron chi connectivity index (χ2n) is 5.29. The number of anilines is 1. The lowest BCUT2D eigenvalue weighted by molar-refractivity contribution is -0.141. The minimum Gasteiger partial charge on any atom is -0.480 e. The minimum absolute atomic E-state index is 0.0240. The molecule has 1 aromatic rings. The molecule has 7 heteroatoms. The monoisotopic (exact) mass is 322 g/mol. The highest BCUT2D eigenvalue weighted by Gasteiger charge is 2.33. The van der Waals surface area contributed by atoms with E-state index in [-0.39, 0.29) is 18.1 Å². The zero-order chi connectivity index (χ0) is 16.3. The maximum atomic E-state index is 12.1. The van der Waals surface area contributed by atoms with Crippen molar-refractivity contribution in [1.29, 1.82) is 0 Å². The summed E-state index contributed by atoms with van der Waals surface area (Å²) in [5, 5.41) is 13.5. The minimum atomic E-state index is -1.06. The number of hydrogen-bond acceptors (Lipinski definition) is 4. The van der Waals surface area contributed by atoms with Gasteiger partial charge < -0.3 is 15.7 Å². The average Bonchev–Trinajstić information content (AvgIpc) is 2.45. The summed E-state index contributed by atoms with van der Waals surface area (Å²) in [7, 11) is 0. The molecule has 1 aliphatic heterocycles. The molecule has 3 N–H and O–H groups in total. The topological polar surface area (TPSA) is 95.5 Å². The number of carboxylic acid groups (broad SMARTS) is 1. The molecular weight excluding hydrogens is 304 g/mol. The smallest absolute Gasteiger partial charge is 0.327 e. The van der Waals surface area contributed by atoms with Crippen LogP contribution in [0.25, 0.3) is 0 Å². The Balaban J connectivity index is 1.94. The Bertz CT molecular complexity index is 618. The Morgan fingerprint density at radius 3 is 2.77 bits per heavy atom. The fourth-order valence-corrected chi connectivity index (χ4v) is 3.26. The Kier molecular flexibility index (Phi) is 5.07. The predicted molar refractivity (Wildman–Crippen MR) is 85.0 cm³/mol. The van der Waals surface area contributed by atoms with Gasteiger partial charge in [-0.15, -0.1) is 11.8 Å². The summed E-state index contributed by atoms with van der Waals surface area (Å²) < 4.78 is 0. The number of aliphatic carboxylic acids is 1. The number of rotatable bonds is 4. The molecule has 0 aromatic heterocycles. The Labute approximate surface area is 132 Å². The summed E-state index contributed by atoms with van der Waals surface area (Å²) in [6.45, 7) is 3.83. The number of benzene rings is 1. The van der Waals surface area contributed by atoms with E-state index in [2.05, 4.69) is 10.6 Å². The zero-order valence-electron chi connectivity index (χ0n) is 12.4. The zero-order valence-corrected chi connectivity index (χ0v) is 13.2. The first-order chi connectivity index (χ1) is 10.4. The van der Waals surface area contributed by atoms with E-state index in [1.165, 1.54) is 11.8 Å². The molecule has 1 saturated heterocycles. The highest BCUT2D eigenvalue weighted by atomic mass is 32.2. The van der Waals surface area contributed by atoms with E-state index in [4.69, 9.17) is 5.11 Å². The van der Waals surface area contributed by atoms with Crippen molar-refractivity contribution in [3.8, 4) is 0 Å². The molecule has 0 aliphatic carbocycles. The van der Waals surface area contributed by atoms with Gasteiger partial charge in [0.2, 0.25) is 11.8 Å². The van der Waals surface area contributed by atoms with Gasteiger partial charge in [-0.2, -0.15) is 0 Å². The second kappa shape index (κ2) is 6.83. The second-order valence-corrected chi connectivity index (χ2v) is 6.53. The highest BCUT2D eigenvalue weighted by molar-refractivity contribution is 8.00. The van der Waals surface area contributed by atoms with Crippen molar-refractivity contribution in [1.82, 2.24) is 5.32 Å². The number of carbonyl (C=O) groups excluding carboxylic acids is 2. The Morgan fingerprint density at radius 1 is 1.41 bits per heavy atom. The molecule has 2 amide bonds. The lowest BCUT2D eigenvalue weighted by Crippen LogP contribution is -2.51. The number of aryl methyl sites for hydroxylation is 2. The number of amides is 2. The number of carboxylic acids is 1. The van der Waals surface area contributed by atoms with Crippen LogP contribution >= 0.6 is 11.8 Å². The van der Waals surface area contributed by atoms with Gasteiger partial charge in [0.1, 0.15) is 6.04 Å². The van der Waals surface area contributed by atoms with E-state index in [0.717, 1.165) is 16.8 Å². The van der Waals surface area contributed by atoms with Crippen LogP contribution in [0, 0.1) is 13.8 Å². The Hall–Kier alpha value is -2.02. The van der Waals surface area contributed by atoms with Crippen LogP contribution in [-0.2, 0) is 14.4 Å². The van der Waals surface area contributed by atoms with Gasteiger partial charge in [-0.1, -0.05) is 12.1 Å². The van der Waals surface area contributed by atoms with Crippen molar-refractivity contribution in [2.75, 3.05) is 11.1 Å². The van der Waals surface area contributed by atoms with Crippen molar-refractivity contribution in [2.45, 2.75) is 31.6 Å². The summed E-state index contributed by atoms with van der Waals surface area (Å²) in [4.78, 5) is 34.8. The maximum Gasteiger partial charge on any atom is 0.327 e. The molecule has 118 valence electrons. The lowest BCUT2D eigenvalue weighted by atomic mass is 10.1. The fraction of sp³-hybridized carbons (Fsp3) is 0.400. The van der Waals surface area contributed by atoms with Crippen LogP contribution in [0.4, 0.5) is 5.69 Å². The number of nitrogens with one attached hydrogen (secondary N) is 2. The molecule has 0 spiro atoms. The molecule has 1 aliphatic rings. The van der Waals surface area contributed by atoms with E-state index in [0.29, 0.717) is 0 Å². The van der Waals surface area contributed by atoms with Crippen LogP contribution in [0.2, 0.25) is 0 Å². The highest BCUT2D eigenvalue weighted by Crippen LogP contribution is 2.23. The van der Waals surface area contributed by atoms with Gasteiger partial charge in [-0.3, -0.25) is 9.59 Å². The van der Waals surface area contributed by atoms with E-state index in [9.17, 15) is 14.4 Å². The van der Waals surface area contributed by atoms with Crippen molar-refractivity contribution in [3.63, 3.8) is 0 Å². The first-order valence-corrected chi connectivity index (χ1v) is 7.93. The summed E-state index contributed by atoms with van der Waals surface area (Å²) in [5.41, 5.74) is 2.72. The quantitative estimate of drug-likeness (QED) is 0.777. The van der Waals surface area contributed by atoms with Crippen LogP contribution < -0.4 is 10.6 Å². The van der Waals surface area contributed by atoms with Crippen LogP contribution in [0.3, 0.4) is 0 Å². The Morgan fingerprint density at radius 2 is 2.14 bits per heavy atom. The normalized spacial score (nSPS) is 21.1. The largest absolute Gasteiger partial charge is 0.480 e. The van der Waals surface area contributed by atoms with Crippen molar-refractivity contribution < 1.29 is 19.5 Å². The SMILES string of the molecule is Cc1ccc(C)c(NC(=O)C[C@H]2SC[C@H](C(=O)O)NC2=O)c1. The third-order valence-corrected chi connectivity index (χ3v) is 4.72. The van der Waals surface area contributed by atoms with Crippen LogP contribution in [0.5, 0.6) is 0 Å². The van der Waals surface area contributed by atoms with Gasteiger partial charge >= 0.3 is 5.97 Å². The molecule has 2 atom stereocenters. The lowest BCUT2D eigenvalue weighted by Gasteiger charge is -2.25. The third kappa shape index (κ3) is 4.00. The summed E-state index contributed by atoms with van der Waals surface area (Å²) in [6.07, 6.45) is 0.0240. The molecule has 2 rings (SSSR count). The summed E-state index contributed by atoms with van der Waals surface area (Å²) >= 11 is 1.20. The third-order valence-electron chi connectivity index (χ3n) is 3.41. The molecule has 1 heterocycles. The molecule has 0 saturated carbocycles. The van der Waals surface area contributed by atoms with E-state index in [1.807, 2.05) is 32.0 Å². The van der Waals surface area contributed by atoms with Gasteiger partial charge in [-0.25, -0.2) is 4.79 Å². The van der Waals surface area contributed by atoms with E-state index in [1.54, 1.807) is 0 Å². The predicted octanol–water partition coefficient (Wildman–Crippen LogP) is 1.32. The summed E-state index contributed by atoms with van der Waals surface area (Å²) in [6, 6.07) is 4.88. The molecule has 0 unspecified atom stereocenters. The van der Waals surface area contributed by atoms with Gasteiger partial charge in [0.05, 0.1) is 5.25 Å². The number of hydrogen-bond donors (Lipinski definition) is 3. The molecule has 22 heavy (non-hydrogen) atoms. The van der Waals surface area contributed by atoms with Crippen LogP contribution in [0.15, 0.2) is 18.2 Å². The number of thioether (sulfide) groups is 1. The molecule has 1 fully saturated rings. The van der Waals surface area contributed by atoms with Gasteiger partial charge in [0.25, 0.3) is 0 Å². The van der Waals surface area contributed by atoms with Gasteiger partial charge in [-0.05, 0) is 31.0 Å². The van der Waals surface area contributed by atoms with Crippen LogP contribution in [-0.4, -0.2) is 39.9 Å². The van der Waals surface area contributed by atoms with Crippen molar-refractivity contribution in [2.24, 2.45) is 0 Å². The standard InChI is InChI=1S/C15H18N2O4S/c1-8-3-4-9(2)10(5-8)16-13(18)6-12-14(19)17-11(7-22-12)15(20)21/h3-5,11-12H,6-7H2,1-2H3,(H,16,18)(H,17,19)(H,20,21)/t11-,12-/m1/s1. The van der Waals surface area contributed by atoms with E-state index >= 15 is 0 Å². The average molecular weight is 322 g/mol. The van der Waals surface area contributed by atoms with Gasteiger partial charge in [0.15, 0.2) is 0 Å². The maximum absolute atomic E-state index is 12.1.